The molecule has 0 N–H and O–H groups in total. The third kappa shape index (κ3) is 3.94. The molecule has 13 heteroatoms. The number of halogens is 12. The summed E-state index contributed by atoms with van der Waals surface area (Å²) in [6.45, 7) is 2.87. The molecule has 0 aliphatic rings. The molecule has 146 valence electrons. The lowest BCUT2D eigenvalue weighted by Gasteiger charge is -2.38. The molecule has 0 spiro atoms. The Labute approximate surface area is 136 Å². The van der Waals surface area contributed by atoms with Gasteiger partial charge in [-0.05, 0) is 18.1 Å². The van der Waals surface area contributed by atoms with Gasteiger partial charge in [0.1, 0.15) is 0 Å². The highest BCUT2D eigenvalue weighted by Crippen LogP contribution is 2.58. The summed E-state index contributed by atoms with van der Waals surface area (Å²) < 4.78 is 141. The van der Waals surface area contributed by atoms with Crippen LogP contribution in [0.5, 0.6) is 0 Å². The first kappa shape index (κ1) is 23.7. The molecule has 0 fully saturated rings. The summed E-state index contributed by atoms with van der Waals surface area (Å²) in [4.78, 5) is 0. The molecule has 0 heterocycles. The second kappa shape index (κ2) is 6.80. The highest BCUT2D eigenvalue weighted by atomic mass is 35.6. The van der Waals surface area contributed by atoms with E-state index in [0.717, 1.165) is 0 Å². The van der Waals surface area contributed by atoms with Gasteiger partial charge in [0.2, 0.25) is 0 Å². The zero-order valence-corrected chi connectivity index (χ0v) is 14.1. The van der Waals surface area contributed by atoms with Gasteiger partial charge in [-0.2, -0.15) is 59.4 Å². The molecule has 0 saturated heterocycles. The van der Waals surface area contributed by atoms with Crippen molar-refractivity contribution >= 4 is 18.5 Å². The zero-order chi connectivity index (χ0) is 19.8. The van der Waals surface area contributed by atoms with Crippen LogP contribution in [0.3, 0.4) is 0 Å². The molecule has 24 heavy (non-hydrogen) atoms. The summed E-state index contributed by atoms with van der Waals surface area (Å²) in [6, 6.07) is -0.651. The highest BCUT2D eigenvalue weighted by Gasteiger charge is 2.86. The molecule has 0 rings (SSSR count). The molecule has 0 radical (unpaired) electrons. The van der Waals surface area contributed by atoms with Crippen molar-refractivity contribution in [3.63, 3.8) is 0 Å². The Kier molecular flexibility index (Phi) is 6.73. The van der Waals surface area contributed by atoms with Gasteiger partial charge in [0.15, 0.2) is 7.38 Å². The topological polar surface area (TPSA) is 0 Å². The van der Waals surface area contributed by atoms with Gasteiger partial charge < -0.3 is 0 Å². The third-order valence-corrected chi connectivity index (χ3v) is 9.61. The zero-order valence-electron chi connectivity index (χ0n) is 12.4. The van der Waals surface area contributed by atoms with Gasteiger partial charge in [0.05, 0.1) is 0 Å². The van der Waals surface area contributed by atoms with E-state index in [0.29, 0.717) is 0 Å². The third-order valence-electron chi connectivity index (χ3n) is 3.76. The maximum Gasteiger partial charge on any atom is 0.460 e. The Balaban J connectivity index is 5.69. The van der Waals surface area contributed by atoms with Crippen LogP contribution in [0.4, 0.5) is 48.3 Å². The Morgan fingerprint density at radius 3 is 1.33 bits per heavy atom. The Bertz CT molecular complexity index is 428. The minimum atomic E-state index is -7.34. The monoisotopic (exact) mass is 418 g/mol. The van der Waals surface area contributed by atoms with Crippen molar-refractivity contribution in [3.05, 3.63) is 0 Å². The fraction of sp³-hybridized carbons (Fsp3) is 1.00. The first-order valence-corrected chi connectivity index (χ1v) is 10.2. The lowest BCUT2D eigenvalue weighted by molar-refractivity contribution is -0.422. The second-order valence-electron chi connectivity index (χ2n) is 5.28. The first-order chi connectivity index (χ1) is 10.3. The Morgan fingerprint density at radius 2 is 1.04 bits per heavy atom. The smallest absolute Gasteiger partial charge is 0.200 e. The number of hydrogen-bond acceptors (Lipinski definition) is 0. The molecule has 0 aliphatic heterocycles. The van der Waals surface area contributed by atoms with E-state index >= 15 is 0 Å². The molecular weight excluding hydrogens is 405 g/mol. The van der Waals surface area contributed by atoms with Crippen molar-refractivity contribution in [2.75, 3.05) is 0 Å². The number of rotatable bonds is 8. The van der Waals surface area contributed by atoms with E-state index in [-0.39, 0.29) is 12.1 Å². The van der Waals surface area contributed by atoms with Gasteiger partial charge in [0.25, 0.3) is 0 Å². The van der Waals surface area contributed by atoms with Crippen LogP contribution in [-0.2, 0) is 0 Å². The van der Waals surface area contributed by atoms with Crippen LogP contribution >= 0.6 is 11.1 Å². The maximum atomic E-state index is 13.5. The molecule has 0 atom stereocenters. The molecule has 0 unspecified atom stereocenters. The highest BCUT2D eigenvalue weighted by molar-refractivity contribution is 7.20. The summed E-state index contributed by atoms with van der Waals surface area (Å²) in [5.74, 6) is -27.4. The predicted molar refractivity (Wildman–Crippen MR) is 67.8 cm³/mol. The Morgan fingerprint density at radius 1 is 0.667 bits per heavy atom. The molecule has 0 aromatic carbocycles. The summed E-state index contributed by atoms with van der Waals surface area (Å²) >= 11 is 5.89. The van der Waals surface area contributed by atoms with E-state index in [4.69, 9.17) is 11.1 Å². The van der Waals surface area contributed by atoms with Gasteiger partial charge >= 0.3 is 29.9 Å². The van der Waals surface area contributed by atoms with E-state index < -0.39 is 49.7 Å². The van der Waals surface area contributed by atoms with E-state index in [1.54, 1.807) is 0 Å². The van der Waals surface area contributed by atoms with E-state index in [1.807, 2.05) is 0 Å². The van der Waals surface area contributed by atoms with Crippen molar-refractivity contribution in [2.24, 2.45) is 0 Å². The molecule has 0 amide bonds. The van der Waals surface area contributed by atoms with Gasteiger partial charge in [-0.1, -0.05) is 13.8 Å². The van der Waals surface area contributed by atoms with Crippen molar-refractivity contribution in [1.82, 2.24) is 0 Å². The van der Waals surface area contributed by atoms with Crippen molar-refractivity contribution in [3.8, 4) is 0 Å². The van der Waals surface area contributed by atoms with Gasteiger partial charge in [0, 0.05) is 6.42 Å². The average Bonchev–Trinajstić information content (AvgIpc) is 2.43. The van der Waals surface area contributed by atoms with Crippen LogP contribution < -0.4 is 0 Å². The van der Waals surface area contributed by atoms with Crippen molar-refractivity contribution in [1.29, 1.82) is 0 Å². The first-order valence-electron chi connectivity index (χ1n) is 6.60. The van der Waals surface area contributed by atoms with Crippen LogP contribution in [0.25, 0.3) is 0 Å². The minimum absolute atomic E-state index is 0.0990. The quantitative estimate of drug-likeness (QED) is 0.233. The summed E-state index contributed by atoms with van der Waals surface area (Å²) in [6.07, 6.45) is -9.16. The summed E-state index contributed by atoms with van der Waals surface area (Å²) in [7, 11) is -3.02. The lowest BCUT2D eigenvalue weighted by atomic mass is 9.96. The van der Waals surface area contributed by atoms with E-state index in [1.165, 1.54) is 13.8 Å². The molecule has 0 aromatic heterocycles. The molecule has 0 saturated carbocycles. The number of alkyl halides is 11. The van der Waals surface area contributed by atoms with Crippen LogP contribution in [0.15, 0.2) is 0 Å². The van der Waals surface area contributed by atoms with Crippen LogP contribution in [0.1, 0.15) is 20.3 Å². The standard InChI is InChI=1S/C11H14ClF11Si/c1-3-24(12,4-2)6-5-7(13,14)8(15,16)9(17,18)10(19,20)11(21,22)23/h3-6H2,1-2H3. The number of hydrogen-bond donors (Lipinski definition) is 0. The minimum Gasteiger partial charge on any atom is -0.200 e. The van der Waals surface area contributed by atoms with Crippen LogP contribution in [0, 0.1) is 0 Å². The SMILES string of the molecule is CC[Si](Cl)(CC)CCC(F)(F)C(F)(F)C(F)(F)C(F)(F)C(F)(F)F. The summed E-state index contributed by atoms with van der Waals surface area (Å²) in [5, 5.41) is 0. The van der Waals surface area contributed by atoms with Crippen LogP contribution in [0.2, 0.25) is 18.1 Å². The normalized spacial score (nSPS) is 15.8. The molecule has 0 nitrogen and oxygen atoms in total. The predicted octanol–water partition coefficient (Wildman–Crippen LogP) is 6.70. The maximum absolute atomic E-state index is 13.5. The molecule has 0 bridgehead atoms. The second-order valence-corrected chi connectivity index (χ2v) is 11.9. The van der Waals surface area contributed by atoms with E-state index in [9.17, 15) is 48.3 Å². The Hall–Kier alpha value is -0.263. The molecule has 0 aromatic rings. The van der Waals surface area contributed by atoms with Crippen molar-refractivity contribution < 1.29 is 48.3 Å². The molecular formula is C11H14ClF11Si. The van der Waals surface area contributed by atoms with Gasteiger partial charge in [-0.25, -0.2) is 0 Å². The summed E-state index contributed by atoms with van der Waals surface area (Å²) in [5.41, 5.74) is 0. The molecule has 0 aliphatic carbocycles. The lowest BCUT2D eigenvalue weighted by Crippen LogP contribution is -2.66. The van der Waals surface area contributed by atoms with Gasteiger partial charge in [-0.15, -0.1) is 0 Å². The van der Waals surface area contributed by atoms with Crippen molar-refractivity contribution in [2.45, 2.75) is 68.3 Å². The fourth-order valence-corrected chi connectivity index (χ4v) is 4.00. The van der Waals surface area contributed by atoms with Gasteiger partial charge in [-0.3, -0.25) is 0 Å². The van der Waals surface area contributed by atoms with Crippen LogP contribution in [-0.4, -0.2) is 37.3 Å². The van der Waals surface area contributed by atoms with E-state index in [2.05, 4.69) is 0 Å². The largest absolute Gasteiger partial charge is 0.460 e. The average molecular weight is 419 g/mol. The fourth-order valence-electron chi connectivity index (χ4n) is 1.75.